The van der Waals surface area contributed by atoms with E-state index in [1.165, 1.54) is 23.5 Å². The van der Waals surface area contributed by atoms with Gasteiger partial charge >= 0.3 is 5.97 Å². The maximum atomic E-state index is 11.6. The molecule has 0 N–H and O–H groups in total. The van der Waals surface area contributed by atoms with Gasteiger partial charge in [-0.2, -0.15) is 0 Å². The molecule has 0 radical (unpaired) electrons. The average Bonchev–Trinajstić information content (AvgIpc) is 2.42. The first-order chi connectivity index (χ1) is 10.0. The van der Waals surface area contributed by atoms with Crippen LogP contribution in [0.15, 0.2) is 0 Å². The number of rotatable bonds is 11. The second-order valence-electron chi connectivity index (χ2n) is 4.73. The average molecular weight is 335 g/mol. The van der Waals surface area contributed by atoms with E-state index in [9.17, 15) is 14.4 Å². The normalized spacial score (nSPS) is 10.7. The summed E-state index contributed by atoms with van der Waals surface area (Å²) >= 11 is 2.39. The lowest BCUT2D eigenvalue weighted by atomic mass is 10.3. The van der Waals surface area contributed by atoms with E-state index >= 15 is 0 Å². The summed E-state index contributed by atoms with van der Waals surface area (Å²) in [6.07, 6.45) is 3.42. The molecule has 0 fully saturated rings. The minimum atomic E-state index is -0.374. The molecule has 0 spiro atoms. The molecular weight excluding hydrogens is 308 g/mol. The summed E-state index contributed by atoms with van der Waals surface area (Å²) in [6, 6.07) is 0. The molecule has 0 heterocycles. The molecule has 21 heavy (non-hydrogen) atoms. The fraction of sp³-hybridized carbons (Fsp3) is 0.800. The first kappa shape index (κ1) is 20.5. The van der Waals surface area contributed by atoms with Gasteiger partial charge in [0.05, 0.1) is 0 Å². The zero-order valence-electron chi connectivity index (χ0n) is 13.2. The third kappa shape index (κ3) is 11.8. The molecule has 0 aromatic rings. The summed E-state index contributed by atoms with van der Waals surface area (Å²) in [5.41, 5.74) is 0. The highest BCUT2D eigenvalue weighted by molar-refractivity contribution is 8.14. The van der Waals surface area contributed by atoms with Crippen molar-refractivity contribution in [2.45, 2.75) is 65.4 Å². The van der Waals surface area contributed by atoms with E-state index in [1.807, 2.05) is 20.8 Å². The Kier molecular flexibility index (Phi) is 12.9. The zero-order chi connectivity index (χ0) is 16.1. The maximum Gasteiger partial charge on any atom is 0.306 e. The summed E-state index contributed by atoms with van der Waals surface area (Å²) in [4.78, 5) is 34.7. The predicted octanol–water partition coefficient (Wildman–Crippen LogP) is 3.82. The molecule has 0 aromatic carbocycles. The van der Waals surface area contributed by atoms with Crippen molar-refractivity contribution in [2.24, 2.45) is 0 Å². The number of esters is 1. The molecule has 0 saturated carbocycles. The number of ether oxygens (including phenoxy) is 1. The van der Waals surface area contributed by atoms with Crippen LogP contribution in [0.1, 0.15) is 59.3 Å². The Morgan fingerprint density at radius 3 is 1.62 bits per heavy atom. The van der Waals surface area contributed by atoms with E-state index in [-0.39, 0.29) is 22.3 Å². The second-order valence-corrected chi connectivity index (χ2v) is 6.88. The van der Waals surface area contributed by atoms with Gasteiger partial charge < -0.3 is 4.74 Å². The van der Waals surface area contributed by atoms with Crippen LogP contribution in [0.2, 0.25) is 0 Å². The molecule has 0 aliphatic carbocycles. The van der Waals surface area contributed by atoms with Gasteiger partial charge in [0.1, 0.15) is 6.10 Å². The first-order valence-electron chi connectivity index (χ1n) is 7.54. The molecule has 0 aliphatic heterocycles. The van der Waals surface area contributed by atoms with Crippen molar-refractivity contribution in [3.05, 3.63) is 0 Å². The quantitative estimate of drug-likeness (QED) is 0.535. The fourth-order valence-electron chi connectivity index (χ4n) is 1.49. The lowest BCUT2D eigenvalue weighted by Crippen LogP contribution is -2.24. The summed E-state index contributed by atoms with van der Waals surface area (Å²) in [7, 11) is 0. The third-order valence-corrected chi connectivity index (χ3v) is 4.65. The van der Waals surface area contributed by atoms with Gasteiger partial charge in [-0.05, 0) is 19.3 Å². The van der Waals surface area contributed by atoms with Crippen LogP contribution in [0.25, 0.3) is 0 Å². The van der Waals surface area contributed by atoms with Crippen LogP contribution in [0.4, 0.5) is 0 Å². The molecule has 0 bridgehead atoms. The molecule has 0 aromatic heterocycles. The zero-order valence-corrected chi connectivity index (χ0v) is 14.8. The van der Waals surface area contributed by atoms with E-state index in [0.717, 1.165) is 19.3 Å². The number of carbonyl (C=O) groups is 3. The van der Waals surface area contributed by atoms with Gasteiger partial charge in [0.25, 0.3) is 0 Å². The van der Waals surface area contributed by atoms with Crippen LogP contribution in [-0.2, 0) is 19.1 Å². The molecule has 0 unspecified atom stereocenters. The standard InChI is InChI=1S/C15H26O4S2/c1-4-7-13(16)19-12(10-20-14(17)8-5-2)11-21-15(18)9-6-3/h12H,4-11H2,1-3H3. The SMILES string of the molecule is CCCC(=O)OC(CSC(=O)CCC)CSC(=O)CCC. The van der Waals surface area contributed by atoms with Crippen LogP contribution < -0.4 is 0 Å². The largest absolute Gasteiger partial charge is 0.461 e. The molecule has 0 amide bonds. The molecule has 4 nitrogen and oxygen atoms in total. The fourth-order valence-corrected chi connectivity index (χ4v) is 3.45. The smallest absolute Gasteiger partial charge is 0.306 e. The lowest BCUT2D eigenvalue weighted by molar-refractivity contribution is -0.147. The number of carbonyl (C=O) groups excluding carboxylic acids is 3. The van der Waals surface area contributed by atoms with Crippen molar-refractivity contribution >= 4 is 39.7 Å². The highest BCUT2D eigenvalue weighted by Crippen LogP contribution is 2.17. The summed E-state index contributed by atoms with van der Waals surface area (Å²) in [5, 5.41) is 0.220. The van der Waals surface area contributed by atoms with Crippen molar-refractivity contribution in [1.29, 1.82) is 0 Å². The molecule has 0 aliphatic rings. The summed E-state index contributed by atoms with van der Waals surface area (Å²) in [6.45, 7) is 5.82. The van der Waals surface area contributed by atoms with Gasteiger partial charge in [-0.25, -0.2) is 0 Å². The Morgan fingerprint density at radius 2 is 1.24 bits per heavy atom. The Bertz CT molecular complexity index is 310. The molecule has 0 saturated heterocycles. The van der Waals surface area contributed by atoms with Crippen molar-refractivity contribution in [1.82, 2.24) is 0 Å². The van der Waals surface area contributed by atoms with Crippen LogP contribution in [0.3, 0.4) is 0 Å². The van der Waals surface area contributed by atoms with Crippen LogP contribution in [0, 0.1) is 0 Å². The Hall–Kier alpha value is -0.490. The molecule has 122 valence electrons. The Balaban J connectivity index is 4.29. The molecular formula is C15H26O4S2. The van der Waals surface area contributed by atoms with Crippen molar-refractivity contribution in [3.63, 3.8) is 0 Å². The van der Waals surface area contributed by atoms with E-state index in [2.05, 4.69) is 0 Å². The molecule has 0 rings (SSSR count). The van der Waals surface area contributed by atoms with Gasteiger partial charge in [0.15, 0.2) is 10.2 Å². The number of hydrogen-bond acceptors (Lipinski definition) is 6. The van der Waals surface area contributed by atoms with E-state index in [4.69, 9.17) is 4.74 Å². The summed E-state index contributed by atoms with van der Waals surface area (Å²) < 4.78 is 5.36. The van der Waals surface area contributed by atoms with E-state index in [1.54, 1.807) is 0 Å². The topological polar surface area (TPSA) is 60.4 Å². The van der Waals surface area contributed by atoms with E-state index < -0.39 is 0 Å². The lowest BCUT2D eigenvalue weighted by Gasteiger charge is -2.16. The van der Waals surface area contributed by atoms with E-state index in [0.29, 0.717) is 30.8 Å². The molecule has 6 heteroatoms. The van der Waals surface area contributed by atoms with Crippen LogP contribution in [0.5, 0.6) is 0 Å². The van der Waals surface area contributed by atoms with Crippen molar-refractivity contribution in [3.8, 4) is 0 Å². The highest BCUT2D eigenvalue weighted by Gasteiger charge is 2.18. The summed E-state index contributed by atoms with van der Waals surface area (Å²) in [5.74, 6) is 0.607. The van der Waals surface area contributed by atoms with Crippen molar-refractivity contribution in [2.75, 3.05) is 11.5 Å². The van der Waals surface area contributed by atoms with Gasteiger partial charge in [-0.15, -0.1) is 0 Å². The van der Waals surface area contributed by atoms with Gasteiger partial charge in [-0.3, -0.25) is 14.4 Å². The monoisotopic (exact) mass is 334 g/mol. The minimum Gasteiger partial charge on any atom is -0.461 e. The Morgan fingerprint density at radius 1 is 0.810 bits per heavy atom. The van der Waals surface area contributed by atoms with Gasteiger partial charge in [-0.1, -0.05) is 44.3 Å². The minimum absolute atomic E-state index is 0.110. The van der Waals surface area contributed by atoms with Gasteiger partial charge in [0.2, 0.25) is 0 Å². The second kappa shape index (κ2) is 13.2. The number of thioether (sulfide) groups is 2. The predicted molar refractivity (Wildman–Crippen MR) is 89.5 cm³/mol. The Labute approximate surface area is 136 Å². The number of hydrogen-bond donors (Lipinski definition) is 0. The van der Waals surface area contributed by atoms with Crippen molar-refractivity contribution < 1.29 is 19.1 Å². The van der Waals surface area contributed by atoms with Crippen LogP contribution in [-0.4, -0.2) is 33.8 Å². The van der Waals surface area contributed by atoms with Gasteiger partial charge in [0, 0.05) is 30.8 Å². The maximum absolute atomic E-state index is 11.6. The highest BCUT2D eigenvalue weighted by atomic mass is 32.2. The van der Waals surface area contributed by atoms with Crippen LogP contribution >= 0.6 is 23.5 Å². The first-order valence-corrected chi connectivity index (χ1v) is 9.51. The molecule has 0 atom stereocenters. The third-order valence-electron chi connectivity index (χ3n) is 2.52.